The number of esters is 1. The Labute approximate surface area is 275 Å². The van der Waals surface area contributed by atoms with Crippen LogP contribution in [0, 0.1) is 6.92 Å². The largest absolute Gasteiger partial charge is 0.461 e. The van der Waals surface area contributed by atoms with Crippen molar-refractivity contribution in [1.82, 2.24) is 19.5 Å². The van der Waals surface area contributed by atoms with E-state index in [9.17, 15) is 22.8 Å². The lowest BCUT2D eigenvalue weighted by atomic mass is 10.0. The second-order valence-corrected chi connectivity index (χ2v) is 13.9. The van der Waals surface area contributed by atoms with Gasteiger partial charge in [0.1, 0.15) is 23.7 Å². The minimum Gasteiger partial charge on any atom is -0.461 e. The van der Waals surface area contributed by atoms with Crippen LogP contribution >= 0.6 is 0 Å². The number of rotatable bonds is 10. The van der Waals surface area contributed by atoms with Crippen molar-refractivity contribution >= 4 is 33.8 Å². The zero-order chi connectivity index (χ0) is 33.6. The van der Waals surface area contributed by atoms with Crippen molar-refractivity contribution in [3.63, 3.8) is 0 Å². The number of ether oxygens (including phenoxy) is 2. The van der Waals surface area contributed by atoms with Crippen LogP contribution in [0.4, 0.5) is 10.6 Å². The Morgan fingerprint density at radius 3 is 2.28 bits per heavy atom. The van der Waals surface area contributed by atoms with Crippen molar-refractivity contribution in [2.75, 3.05) is 37.6 Å². The molecule has 12 nitrogen and oxygen atoms in total. The van der Waals surface area contributed by atoms with Gasteiger partial charge >= 0.3 is 12.1 Å². The number of anilines is 1. The predicted octanol–water partition coefficient (Wildman–Crippen LogP) is 3.54. The molecule has 1 N–H and O–H groups in total. The normalized spacial score (nSPS) is 17.7. The number of aryl methyl sites for hydroxylation is 1. The van der Waals surface area contributed by atoms with Gasteiger partial charge in [-0.05, 0) is 75.6 Å². The summed E-state index contributed by atoms with van der Waals surface area (Å²) in [6.07, 6.45) is 1.82. The molecular weight excluding hydrogens is 622 g/mol. The molecule has 2 aromatic carbocycles. The zero-order valence-corrected chi connectivity index (χ0v) is 27.7. The SMILES string of the molecule is Cc1ccc(S(=O)(=O)N2CCC[C@H]2C(=O)N[C@@H](Cc2ccc(OC(=O)N3CCN(c4ccccn4)CC3)cc2)C(=O)OC(C)C)cc1. The van der Waals surface area contributed by atoms with Gasteiger partial charge in [0, 0.05) is 45.3 Å². The Kier molecular flexibility index (Phi) is 10.8. The van der Waals surface area contributed by atoms with Gasteiger partial charge in [-0.25, -0.2) is 23.0 Å². The maximum absolute atomic E-state index is 13.5. The quantitative estimate of drug-likeness (QED) is 0.323. The van der Waals surface area contributed by atoms with E-state index in [2.05, 4.69) is 15.2 Å². The molecule has 3 heterocycles. The van der Waals surface area contributed by atoms with Gasteiger partial charge < -0.3 is 24.6 Å². The lowest BCUT2D eigenvalue weighted by molar-refractivity contribution is -0.151. The van der Waals surface area contributed by atoms with Crippen molar-refractivity contribution in [2.24, 2.45) is 0 Å². The molecule has 2 amide bonds. The fourth-order valence-electron chi connectivity index (χ4n) is 5.66. The third-order valence-corrected chi connectivity index (χ3v) is 10.1. The maximum atomic E-state index is 13.5. The molecular formula is C34H41N5O7S. The highest BCUT2D eigenvalue weighted by molar-refractivity contribution is 7.89. The average Bonchev–Trinajstić information content (AvgIpc) is 3.57. The third kappa shape index (κ3) is 8.46. The molecule has 1 aromatic heterocycles. The summed E-state index contributed by atoms with van der Waals surface area (Å²) >= 11 is 0. The van der Waals surface area contributed by atoms with Gasteiger partial charge in [-0.1, -0.05) is 35.9 Å². The van der Waals surface area contributed by atoms with Gasteiger partial charge in [0.05, 0.1) is 11.0 Å². The number of carbonyl (C=O) groups is 3. The Hall–Kier alpha value is -4.49. The van der Waals surface area contributed by atoms with Crippen LogP contribution in [-0.2, 0) is 30.8 Å². The Morgan fingerprint density at radius 1 is 0.936 bits per heavy atom. The summed E-state index contributed by atoms with van der Waals surface area (Å²) in [5, 5.41) is 2.76. The first kappa shape index (κ1) is 33.9. The fraction of sp³-hybridized carbons (Fsp3) is 0.412. The second kappa shape index (κ2) is 14.9. The van der Waals surface area contributed by atoms with Crippen molar-refractivity contribution in [1.29, 1.82) is 0 Å². The molecule has 5 rings (SSSR count). The van der Waals surface area contributed by atoms with Crippen molar-refractivity contribution in [3.05, 3.63) is 84.1 Å². The van der Waals surface area contributed by atoms with Crippen LogP contribution in [0.15, 0.2) is 77.8 Å². The number of carbonyl (C=O) groups excluding carboxylic acids is 3. The summed E-state index contributed by atoms with van der Waals surface area (Å²) in [5.74, 6) is 0.0344. The van der Waals surface area contributed by atoms with Crippen LogP contribution < -0.4 is 15.0 Å². The van der Waals surface area contributed by atoms with E-state index < -0.39 is 46.2 Å². The number of aromatic nitrogens is 1. The highest BCUT2D eigenvalue weighted by Gasteiger charge is 2.40. The molecule has 2 fully saturated rings. The molecule has 47 heavy (non-hydrogen) atoms. The molecule has 250 valence electrons. The van der Waals surface area contributed by atoms with Gasteiger partial charge in [0.25, 0.3) is 0 Å². The summed E-state index contributed by atoms with van der Waals surface area (Å²) < 4.78 is 39.1. The van der Waals surface area contributed by atoms with Crippen LogP contribution in [0.2, 0.25) is 0 Å². The van der Waals surface area contributed by atoms with E-state index in [1.54, 1.807) is 61.3 Å². The summed E-state index contributed by atoms with van der Waals surface area (Å²) in [4.78, 5) is 47.7. The Bertz CT molecular complexity index is 1640. The molecule has 0 radical (unpaired) electrons. The molecule has 2 saturated heterocycles. The number of nitrogens with zero attached hydrogens (tertiary/aromatic N) is 4. The number of nitrogens with one attached hydrogen (secondary N) is 1. The number of pyridine rings is 1. The third-order valence-electron chi connectivity index (χ3n) is 8.17. The molecule has 3 aromatic rings. The number of hydrogen-bond acceptors (Lipinski definition) is 9. The average molecular weight is 664 g/mol. The van der Waals surface area contributed by atoms with Gasteiger partial charge in [-0.15, -0.1) is 0 Å². The van der Waals surface area contributed by atoms with Gasteiger partial charge in [-0.2, -0.15) is 4.31 Å². The fourth-order valence-corrected chi connectivity index (χ4v) is 7.32. The van der Waals surface area contributed by atoms with Crippen LogP contribution in [-0.4, -0.2) is 91.5 Å². The van der Waals surface area contributed by atoms with Crippen LogP contribution in [0.3, 0.4) is 0 Å². The Balaban J connectivity index is 1.20. The van der Waals surface area contributed by atoms with E-state index in [-0.39, 0.29) is 17.9 Å². The molecule has 2 aliphatic heterocycles. The smallest absolute Gasteiger partial charge is 0.415 e. The number of sulfonamides is 1. The number of benzene rings is 2. The van der Waals surface area contributed by atoms with Crippen LogP contribution in [0.25, 0.3) is 0 Å². The first-order valence-corrected chi connectivity index (χ1v) is 17.3. The van der Waals surface area contributed by atoms with Gasteiger partial charge in [-0.3, -0.25) is 4.79 Å². The molecule has 0 spiro atoms. The van der Waals surface area contributed by atoms with Crippen molar-refractivity contribution < 1.29 is 32.3 Å². The first-order valence-electron chi connectivity index (χ1n) is 15.8. The number of hydrogen-bond donors (Lipinski definition) is 1. The van der Waals surface area contributed by atoms with E-state index in [0.717, 1.165) is 11.4 Å². The van der Waals surface area contributed by atoms with E-state index in [1.165, 1.54) is 16.4 Å². The van der Waals surface area contributed by atoms with E-state index >= 15 is 0 Å². The molecule has 2 atom stereocenters. The highest BCUT2D eigenvalue weighted by Crippen LogP contribution is 2.27. The van der Waals surface area contributed by atoms with Crippen molar-refractivity contribution in [2.45, 2.75) is 63.1 Å². The zero-order valence-electron chi connectivity index (χ0n) is 26.9. The lowest BCUT2D eigenvalue weighted by Crippen LogP contribution is -2.52. The summed E-state index contributed by atoms with van der Waals surface area (Å²) in [7, 11) is -3.92. The minimum absolute atomic E-state index is 0.0957. The number of piperazine rings is 1. The Morgan fingerprint density at radius 2 is 1.64 bits per heavy atom. The van der Waals surface area contributed by atoms with E-state index in [1.807, 2.05) is 25.1 Å². The summed E-state index contributed by atoms with van der Waals surface area (Å²) in [6, 6.07) is 16.9. The molecule has 0 saturated carbocycles. The molecule has 0 aliphatic carbocycles. The number of amides is 2. The molecule has 0 bridgehead atoms. The van der Waals surface area contributed by atoms with E-state index in [0.29, 0.717) is 50.3 Å². The van der Waals surface area contributed by atoms with Crippen LogP contribution in [0.1, 0.15) is 37.8 Å². The lowest BCUT2D eigenvalue weighted by Gasteiger charge is -2.34. The standard InChI is InChI=1S/C34H41N5O7S/c1-24(2)45-33(41)29(36-32(40)30-7-6-18-39(30)47(43,44)28-15-9-25(3)10-16-28)23-26-11-13-27(14-12-26)46-34(42)38-21-19-37(20-22-38)31-8-4-5-17-35-31/h4-5,8-17,24,29-30H,6-7,18-23H2,1-3H3,(H,36,40)/t29-,30-/m0/s1. The topological polar surface area (TPSA) is 138 Å². The van der Waals surface area contributed by atoms with E-state index in [4.69, 9.17) is 9.47 Å². The second-order valence-electron chi connectivity index (χ2n) is 12.0. The summed E-state index contributed by atoms with van der Waals surface area (Å²) in [5.41, 5.74) is 1.61. The first-order chi connectivity index (χ1) is 22.5. The molecule has 2 aliphatic rings. The monoisotopic (exact) mass is 663 g/mol. The maximum Gasteiger partial charge on any atom is 0.415 e. The predicted molar refractivity (Wildman–Crippen MR) is 175 cm³/mol. The highest BCUT2D eigenvalue weighted by atomic mass is 32.2. The molecule has 0 unspecified atom stereocenters. The summed E-state index contributed by atoms with van der Waals surface area (Å²) in [6.45, 7) is 7.77. The van der Waals surface area contributed by atoms with Gasteiger partial charge in [0.2, 0.25) is 15.9 Å². The minimum atomic E-state index is -3.92. The van der Waals surface area contributed by atoms with Gasteiger partial charge in [0.15, 0.2) is 0 Å². The van der Waals surface area contributed by atoms with Crippen molar-refractivity contribution in [3.8, 4) is 5.75 Å². The van der Waals surface area contributed by atoms with Crippen LogP contribution in [0.5, 0.6) is 5.75 Å². The molecule has 13 heteroatoms.